The Morgan fingerprint density at radius 3 is 2.55 bits per heavy atom. The fraction of sp³-hybridized carbons (Fsp3) is 0.378. The summed E-state index contributed by atoms with van der Waals surface area (Å²) in [6, 6.07) is 16.1. The van der Waals surface area contributed by atoms with E-state index in [2.05, 4.69) is 25.5 Å². The van der Waals surface area contributed by atoms with Gasteiger partial charge in [-0.1, -0.05) is 36.8 Å². The molecule has 1 aromatic heterocycles. The van der Waals surface area contributed by atoms with Crippen LogP contribution in [0.2, 0.25) is 0 Å². The van der Waals surface area contributed by atoms with Gasteiger partial charge in [-0.05, 0) is 89.4 Å². The molecule has 47 heavy (non-hydrogen) atoms. The second-order valence-corrected chi connectivity index (χ2v) is 12.9. The summed E-state index contributed by atoms with van der Waals surface area (Å²) in [6.07, 6.45) is 6.74. The van der Waals surface area contributed by atoms with Crippen LogP contribution in [-0.2, 0) is 6.42 Å². The summed E-state index contributed by atoms with van der Waals surface area (Å²) < 4.78 is 33.3. The molecule has 1 fully saturated rings. The van der Waals surface area contributed by atoms with Gasteiger partial charge in [-0.3, -0.25) is 4.79 Å². The first-order valence-corrected chi connectivity index (χ1v) is 16.3. The number of hydrogen-bond donors (Lipinski definition) is 2. The van der Waals surface area contributed by atoms with Gasteiger partial charge in [0.1, 0.15) is 11.2 Å². The Morgan fingerprint density at radius 2 is 1.79 bits per heavy atom. The summed E-state index contributed by atoms with van der Waals surface area (Å²) in [5.41, 5.74) is 3.73. The van der Waals surface area contributed by atoms with Crippen LogP contribution in [0.4, 0.5) is 21.7 Å². The van der Waals surface area contributed by atoms with Gasteiger partial charge in [0.15, 0.2) is 23.1 Å². The molecule has 0 radical (unpaired) electrons. The van der Waals surface area contributed by atoms with Gasteiger partial charge in [-0.2, -0.15) is 4.98 Å². The molecule has 246 valence electrons. The first-order valence-electron chi connectivity index (χ1n) is 16.3. The van der Waals surface area contributed by atoms with Gasteiger partial charge >= 0.3 is 0 Å². The molecule has 0 saturated carbocycles. The van der Waals surface area contributed by atoms with Gasteiger partial charge in [-0.15, -0.1) is 0 Å². The number of carbonyl (C=O) groups is 1. The van der Waals surface area contributed by atoms with Crippen LogP contribution in [0.25, 0.3) is 0 Å². The van der Waals surface area contributed by atoms with Crippen LogP contribution in [0.5, 0.6) is 23.1 Å². The number of anilines is 3. The number of aromatic nitrogens is 2. The van der Waals surface area contributed by atoms with E-state index < -0.39 is 17.3 Å². The number of fused-ring (bicyclic) bond motifs is 1. The Kier molecular flexibility index (Phi) is 9.58. The summed E-state index contributed by atoms with van der Waals surface area (Å²) >= 11 is 0. The number of likely N-dealkylation sites (tertiary alicyclic amines) is 1. The number of ether oxygens (including phenoxy) is 3. The quantitative estimate of drug-likeness (QED) is 0.159. The number of rotatable bonds is 11. The van der Waals surface area contributed by atoms with Crippen LogP contribution in [0, 0.1) is 19.7 Å². The van der Waals surface area contributed by atoms with E-state index >= 15 is 4.39 Å². The van der Waals surface area contributed by atoms with Gasteiger partial charge in [-0.25, -0.2) is 9.37 Å². The zero-order valence-corrected chi connectivity index (χ0v) is 27.5. The number of hydrogen-bond acceptors (Lipinski definition) is 8. The number of nitrogens with zero attached hydrogens (tertiary/aromatic N) is 3. The third kappa shape index (κ3) is 7.82. The largest absolute Gasteiger partial charge is 0.490 e. The molecule has 0 atom stereocenters. The van der Waals surface area contributed by atoms with Crippen molar-refractivity contribution in [3.8, 4) is 23.1 Å². The summed E-state index contributed by atoms with van der Waals surface area (Å²) in [5.74, 6) is 0.485. The minimum atomic E-state index is -0.492. The SMILES string of the molecule is Cc1cccc(C)c1NC(=O)c1cnc(Nc2ccc(OCCCN3CCCCC3)c(F)c2)nc1Oc1cccc2c1OC(C)(C)C2. The molecule has 1 saturated heterocycles. The number of carbonyl (C=O) groups excluding carboxylic acids is 1. The lowest BCUT2D eigenvalue weighted by molar-refractivity contribution is 0.102. The highest BCUT2D eigenvalue weighted by Gasteiger charge is 2.33. The van der Waals surface area contributed by atoms with E-state index in [1.54, 1.807) is 18.2 Å². The molecule has 0 unspecified atom stereocenters. The van der Waals surface area contributed by atoms with Crippen molar-refractivity contribution in [1.29, 1.82) is 0 Å². The van der Waals surface area contributed by atoms with Crippen LogP contribution >= 0.6 is 0 Å². The van der Waals surface area contributed by atoms with E-state index in [4.69, 9.17) is 14.2 Å². The maximum absolute atomic E-state index is 15.0. The summed E-state index contributed by atoms with van der Waals surface area (Å²) in [5, 5.41) is 6.03. The van der Waals surface area contributed by atoms with E-state index in [9.17, 15) is 4.79 Å². The summed E-state index contributed by atoms with van der Waals surface area (Å²) in [6.45, 7) is 11.5. The van der Waals surface area contributed by atoms with Crippen molar-refractivity contribution in [2.45, 2.75) is 65.4 Å². The van der Waals surface area contributed by atoms with Crippen molar-refractivity contribution in [2.24, 2.45) is 0 Å². The van der Waals surface area contributed by atoms with Crippen molar-refractivity contribution in [2.75, 3.05) is 36.9 Å². The standard InChI is InChI=1S/C37H42FN5O4/c1-24-11-8-12-25(2)32(24)41-34(44)28-23-39-36(42-35(28)46-31-14-9-13-26-22-37(3,4)47-33(26)31)40-27-15-16-30(29(38)21-27)45-20-10-19-43-17-6-5-7-18-43/h8-9,11-16,21,23H,5-7,10,17-20,22H2,1-4H3,(H,41,44)(H,39,40,42). The van der Waals surface area contributed by atoms with Crippen molar-refractivity contribution < 1.29 is 23.4 Å². The molecule has 0 aliphatic carbocycles. The number of aryl methyl sites for hydroxylation is 2. The molecule has 2 aliphatic rings. The van der Waals surface area contributed by atoms with E-state index in [-0.39, 0.29) is 23.1 Å². The molecule has 9 nitrogen and oxygen atoms in total. The number of nitrogens with one attached hydrogen (secondary N) is 2. The number of benzene rings is 3. The van der Waals surface area contributed by atoms with E-state index in [1.807, 2.05) is 58.0 Å². The molecule has 10 heteroatoms. The smallest absolute Gasteiger partial charge is 0.262 e. The minimum Gasteiger partial charge on any atom is -0.490 e. The predicted molar refractivity (Wildman–Crippen MR) is 181 cm³/mol. The lowest BCUT2D eigenvalue weighted by Gasteiger charge is -2.26. The van der Waals surface area contributed by atoms with Crippen molar-refractivity contribution >= 4 is 23.2 Å². The van der Waals surface area contributed by atoms with Crippen molar-refractivity contribution in [3.05, 3.63) is 88.9 Å². The van der Waals surface area contributed by atoms with E-state index in [1.165, 1.54) is 31.5 Å². The Morgan fingerprint density at radius 1 is 1.02 bits per heavy atom. The summed E-state index contributed by atoms with van der Waals surface area (Å²) in [4.78, 5) is 25.0. The van der Waals surface area contributed by atoms with Crippen LogP contribution < -0.4 is 24.8 Å². The van der Waals surface area contributed by atoms with Crippen LogP contribution in [0.1, 0.15) is 66.6 Å². The maximum atomic E-state index is 15.0. The molecule has 3 aromatic carbocycles. The van der Waals surface area contributed by atoms with Crippen molar-refractivity contribution in [1.82, 2.24) is 14.9 Å². The maximum Gasteiger partial charge on any atom is 0.262 e. The molecule has 0 spiro atoms. The number of amides is 1. The lowest BCUT2D eigenvalue weighted by Crippen LogP contribution is -2.31. The first-order chi connectivity index (χ1) is 22.6. The Balaban J connectivity index is 1.21. The molecule has 2 N–H and O–H groups in total. The predicted octanol–water partition coefficient (Wildman–Crippen LogP) is 7.99. The number of piperidine rings is 1. The van der Waals surface area contributed by atoms with Crippen LogP contribution in [0.3, 0.4) is 0 Å². The van der Waals surface area contributed by atoms with E-state index in [0.717, 1.165) is 49.2 Å². The Hall–Kier alpha value is -4.70. The fourth-order valence-corrected chi connectivity index (χ4v) is 6.10. The molecule has 0 bridgehead atoms. The zero-order chi connectivity index (χ0) is 33.0. The number of para-hydroxylation sites is 2. The van der Waals surface area contributed by atoms with Gasteiger partial charge in [0.25, 0.3) is 5.91 Å². The number of halogens is 1. The highest BCUT2D eigenvalue weighted by Crippen LogP contribution is 2.43. The monoisotopic (exact) mass is 639 g/mol. The molecule has 1 amide bonds. The topological polar surface area (TPSA) is 97.8 Å². The minimum absolute atomic E-state index is 0.0297. The zero-order valence-electron chi connectivity index (χ0n) is 27.5. The third-order valence-corrected chi connectivity index (χ3v) is 8.49. The molecular weight excluding hydrogens is 597 g/mol. The fourth-order valence-electron chi connectivity index (χ4n) is 6.10. The van der Waals surface area contributed by atoms with Crippen LogP contribution in [0.15, 0.2) is 60.8 Å². The average molecular weight is 640 g/mol. The van der Waals surface area contributed by atoms with Crippen molar-refractivity contribution in [3.63, 3.8) is 0 Å². The molecule has 6 rings (SSSR count). The molecular formula is C37H42FN5O4. The van der Waals surface area contributed by atoms with Gasteiger partial charge in [0.2, 0.25) is 11.8 Å². The van der Waals surface area contributed by atoms with Gasteiger partial charge < -0.3 is 29.7 Å². The van der Waals surface area contributed by atoms with E-state index in [0.29, 0.717) is 29.5 Å². The van der Waals surface area contributed by atoms with Gasteiger partial charge in [0.05, 0.1) is 6.61 Å². The Labute approximate surface area is 275 Å². The molecule has 3 heterocycles. The van der Waals surface area contributed by atoms with Gasteiger partial charge in [0, 0.05) is 42.2 Å². The third-order valence-electron chi connectivity index (χ3n) is 8.49. The Bertz CT molecular complexity index is 1730. The van der Waals surface area contributed by atoms with Crippen LogP contribution in [-0.4, -0.2) is 52.6 Å². The highest BCUT2D eigenvalue weighted by molar-refractivity contribution is 6.06. The second-order valence-electron chi connectivity index (χ2n) is 12.9. The average Bonchev–Trinajstić information content (AvgIpc) is 3.37. The molecule has 4 aromatic rings. The normalized spacial score (nSPS) is 15.4. The first kappa shape index (κ1) is 32.2. The second kappa shape index (κ2) is 14.0. The summed E-state index contributed by atoms with van der Waals surface area (Å²) in [7, 11) is 0. The molecule has 2 aliphatic heterocycles. The highest BCUT2D eigenvalue weighted by atomic mass is 19.1. The lowest BCUT2D eigenvalue weighted by atomic mass is 10.0.